The molecule has 1 aliphatic rings. The van der Waals surface area contributed by atoms with Gasteiger partial charge in [-0.1, -0.05) is 25.5 Å². The fourth-order valence-corrected chi connectivity index (χ4v) is 2.82. The number of amides is 1. The molecule has 2 atom stereocenters. The van der Waals surface area contributed by atoms with E-state index in [4.69, 9.17) is 4.74 Å². The van der Waals surface area contributed by atoms with E-state index < -0.39 is 11.9 Å². The average molecular weight is 291 g/mol. The highest BCUT2D eigenvalue weighted by Crippen LogP contribution is 2.38. The summed E-state index contributed by atoms with van der Waals surface area (Å²) in [7, 11) is 1.59. The second-order valence-electron chi connectivity index (χ2n) is 5.31. The van der Waals surface area contributed by atoms with Crippen LogP contribution in [0, 0.1) is 5.92 Å². The van der Waals surface area contributed by atoms with Crippen molar-refractivity contribution >= 4 is 11.9 Å². The predicted octanol–water partition coefficient (Wildman–Crippen LogP) is 2.47. The Balaban J connectivity index is 2.31. The highest BCUT2D eigenvalue weighted by molar-refractivity contribution is 5.87. The van der Waals surface area contributed by atoms with E-state index >= 15 is 0 Å². The van der Waals surface area contributed by atoms with Gasteiger partial charge in [-0.15, -0.1) is 0 Å². The molecular weight excluding hydrogens is 270 g/mol. The first-order valence-corrected chi connectivity index (χ1v) is 7.24. The van der Waals surface area contributed by atoms with Crippen LogP contribution in [0.5, 0.6) is 5.75 Å². The summed E-state index contributed by atoms with van der Waals surface area (Å²) in [4.78, 5) is 25.3. The molecule has 21 heavy (non-hydrogen) atoms. The van der Waals surface area contributed by atoms with Crippen LogP contribution in [0.15, 0.2) is 24.3 Å². The Bertz CT molecular complexity index is 512. The number of carboxylic acid groups (broad SMARTS) is 1. The lowest BCUT2D eigenvalue weighted by molar-refractivity contribution is -0.142. The summed E-state index contributed by atoms with van der Waals surface area (Å²) in [5.74, 6) is -0.947. The van der Waals surface area contributed by atoms with Crippen LogP contribution in [0.1, 0.15) is 37.8 Å². The molecule has 5 heteroatoms. The molecule has 1 fully saturated rings. The van der Waals surface area contributed by atoms with Crippen molar-refractivity contribution in [2.45, 2.75) is 32.2 Å². The van der Waals surface area contributed by atoms with Gasteiger partial charge in [-0.25, -0.2) is 0 Å². The molecule has 0 spiro atoms. The molecule has 2 rings (SSSR count). The summed E-state index contributed by atoms with van der Waals surface area (Å²) in [6.07, 6.45) is 1.93. The fourth-order valence-electron chi connectivity index (χ4n) is 2.82. The van der Waals surface area contributed by atoms with Crippen LogP contribution < -0.4 is 4.74 Å². The topological polar surface area (TPSA) is 66.8 Å². The quantitative estimate of drug-likeness (QED) is 0.874. The molecule has 5 nitrogen and oxygen atoms in total. The van der Waals surface area contributed by atoms with Gasteiger partial charge >= 0.3 is 5.97 Å². The summed E-state index contributed by atoms with van der Waals surface area (Å²) in [6.45, 7) is 2.66. The Hall–Kier alpha value is -2.04. The summed E-state index contributed by atoms with van der Waals surface area (Å²) in [5.41, 5.74) is 0.852. The first kappa shape index (κ1) is 15.4. The maximum atomic E-state index is 12.1. The molecule has 0 aromatic heterocycles. The summed E-state index contributed by atoms with van der Waals surface area (Å²) < 4.78 is 5.12. The molecule has 1 aliphatic heterocycles. The van der Waals surface area contributed by atoms with Crippen molar-refractivity contribution in [1.29, 1.82) is 0 Å². The van der Waals surface area contributed by atoms with E-state index in [1.807, 2.05) is 12.1 Å². The molecule has 1 N–H and O–H groups in total. The molecule has 1 heterocycles. The monoisotopic (exact) mass is 291 g/mol. The molecule has 1 amide bonds. The van der Waals surface area contributed by atoms with E-state index in [-0.39, 0.29) is 18.4 Å². The largest absolute Gasteiger partial charge is 0.497 e. The zero-order valence-corrected chi connectivity index (χ0v) is 12.4. The van der Waals surface area contributed by atoms with Crippen LogP contribution in [0.3, 0.4) is 0 Å². The molecular formula is C16H21NO4. The third-order valence-electron chi connectivity index (χ3n) is 3.96. The molecule has 0 bridgehead atoms. The summed E-state index contributed by atoms with van der Waals surface area (Å²) in [6, 6.07) is 6.91. The summed E-state index contributed by atoms with van der Waals surface area (Å²) in [5, 5.41) is 9.40. The Labute approximate surface area is 124 Å². The minimum absolute atomic E-state index is 0.0725. The van der Waals surface area contributed by atoms with Gasteiger partial charge in [0.25, 0.3) is 0 Å². The van der Waals surface area contributed by atoms with E-state index in [0.717, 1.165) is 24.2 Å². The van der Waals surface area contributed by atoms with Crippen molar-refractivity contribution in [3.8, 4) is 5.75 Å². The highest BCUT2D eigenvalue weighted by atomic mass is 16.5. The third kappa shape index (κ3) is 3.17. The predicted molar refractivity (Wildman–Crippen MR) is 78.1 cm³/mol. The van der Waals surface area contributed by atoms with Crippen molar-refractivity contribution in [3.63, 3.8) is 0 Å². The van der Waals surface area contributed by atoms with Crippen LogP contribution in [0.25, 0.3) is 0 Å². The lowest BCUT2D eigenvalue weighted by Gasteiger charge is -2.27. The van der Waals surface area contributed by atoms with Gasteiger partial charge in [0.1, 0.15) is 5.75 Å². The number of likely N-dealkylation sites (tertiary alicyclic amines) is 1. The third-order valence-corrected chi connectivity index (χ3v) is 3.96. The number of ether oxygens (including phenoxy) is 1. The second-order valence-corrected chi connectivity index (χ2v) is 5.31. The van der Waals surface area contributed by atoms with Gasteiger partial charge < -0.3 is 14.7 Å². The van der Waals surface area contributed by atoms with Gasteiger partial charge in [0.2, 0.25) is 5.91 Å². The van der Waals surface area contributed by atoms with Crippen molar-refractivity contribution in [3.05, 3.63) is 29.8 Å². The second kappa shape index (κ2) is 6.61. The van der Waals surface area contributed by atoms with Crippen molar-refractivity contribution in [2.75, 3.05) is 13.7 Å². The minimum atomic E-state index is -0.914. The number of carbonyl (C=O) groups is 2. The first-order chi connectivity index (χ1) is 10.1. The van der Waals surface area contributed by atoms with Crippen LogP contribution in [-0.4, -0.2) is 35.5 Å². The molecule has 0 radical (unpaired) electrons. The molecule has 0 saturated carbocycles. The van der Waals surface area contributed by atoms with E-state index in [1.165, 1.54) is 0 Å². The number of methoxy groups -OCH3 is 1. The fraction of sp³-hybridized carbons (Fsp3) is 0.500. The standard InChI is InChI=1S/C16H21NO4/c1-3-4-9-17-14(18)10-13(16(19)20)15(17)11-5-7-12(21-2)8-6-11/h5-8,13,15H,3-4,9-10H2,1-2H3,(H,19,20)/t13-,15+/m1/s1. The smallest absolute Gasteiger partial charge is 0.309 e. The van der Waals surface area contributed by atoms with Gasteiger partial charge in [0.15, 0.2) is 0 Å². The molecule has 0 aliphatic carbocycles. The highest BCUT2D eigenvalue weighted by Gasteiger charge is 2.44. The van der Waals surface area contributed by atoms with Crippen LogP contribution in [-0.2, 0) is 9.59 Å². The van der Waals surface area contributed by atoms with Crippen molar-refractivity contribution in [2.24, 2.45) is 5.92 Å². The lowest BCUT2D eigenvalue weighted by atomic mass is 9.93. The van der Waals surface area contributed by atoms with E-state index in [1.54, 1.807) is 24.1 Å². The van der Waals surface area contributed by atoms with Crippen LogP contribution in [0.2, 0.25) is 0 Å². The Morgan fingerprint density at radius 2 is 2.05 bits per heavy atom. The molecule has 114 valence electrons. The normalized spacial score (nSPS) is 21.6. The van der Waals surface area contributed by atoms with Gasteiger partial charge in [-0.2, -0.15) is 0 Å². The van der Waals surface area contributed by atoms with Crippen LogP contribution >= 0.6 is 0 Å². The maximum absolute atomic E-state index is 12.1. The molecule has 1 aromatic carbocycles. The van der Waals surface area contributed by atoms with Crippen LogP contribution in [0.4, 0.5) is 0 Å². The first-order valence-electron chi connectivity index (χ1n) is 7.24. The number of unbranched alkanes of at least 4 members (excludes halogenated alkanes) is 1. The summed E-state index contributed by atoms with van der Waals surface area (Å²) >= 11 is 0. The Kier molecular flexibility index (Phi) is 4.83. The van der Waals surface area contributed by atoms with Crippen molar-refractivity contribution < 1.29 is 19.4 Å². The van der Waals surface area contributed by atoms with E-state index in [0.29, 0.717) is 6.54 Å². The Morgan fingerprint density at radius 3 is 2.57 bits per heavy atom. The number of aliphatic carboxylic acids is 1. The zero-order chi connectivity index (χ0) is 15.4. The van der Waals surface area contributed by atoms with Gasteiger partial charge in [-0.05, 0) is 24.1 Å². The Morgan fingerprint density at radius 1 is 1.38 bits per heavy atom. The molecule has 1 saturated heterocycles. The minimum Gasteiger partial charge on any atom is -0.497 e. The number of rotatable bonds is 6. The van der Waals surface area contributed by atoms with Gasteiger partial charge in [-0.3, -0.25) is 9.59 Å². The number of hydrogen-bond donors (Lipinski definition) is 1. The number of carboxylic acids is 1. The van der Waals surface area contributed by atoms with Gasteiger partial charge in [0, 0.05) is 13.0 Å². The zero-order valence-electron chi connectivity index (χ0n) is 12.4. The van der Waals surface area contributed by atoms with Gasteiger partial charge in [0.05, 0.1) is 19.1 Å². The SMILES string of the molecule is CCCCN1C(=O)C[C@@H](C(=O)O)[C@@H]1c1ccc(OC)cc1. The van der Waals surface area contributed by atoms with E-state index in [9.17, 15) is 14.7 Å². The molecule has 0 unspecified atom stereocenters. The maximum Gasteiger partial charge on any atom is 0.309 e. The number of carbonyl (C=O) groups excluding carboxylic acids is 1. The van der Waals surface area contributed by atoms with E-state index in [2.05, 4.69) is 6.92 Å². The molecule has 1 aromatic rings. The average Bonchev–Trinajstić information content (AvgIpc) is 2.82. The number of nitrogens with zero attached hydrogens (tertiary/aromatic N) is 1. The number of benzene rings is 1. The number of hydrogen-bond acceptors (Lipinski definition) is 3. The lowest BCUT2D eigenvalue weighted by Crippen LogP contribution is -2.31. The van der Waals surface area contributed by atoms with Crippen molar-refractivity contribution in [1.82, 2.24) is 4.90 Å².